The molecule has 1 unspecified atom stereocenters. The molecular weight excluding hydrogens is 690 g/mol. The van der Waals surface area contributed by atoms with Crippen LogP contribution in [0.25, 0.3) is 44.1 Å². The van der Waals surface area contributed by atoms with E-state index < -0.39 is 11.6 Å². The highest BCUT2D eigenvalue weighted by atomic mass is 79.9. The summed E-state index contributed by atoms with van der Waals surface area (Å²) in [5.74, 6) is -0.815. The maximum Gasteiger partial charge on any atom is 0.256 e. The first-order valence-corrected chi connectivity index (χ1v) is 16.8. The number of hydrogen-bond donors (Lipinski definition) is 3. The van der Waals surface area contributed by atoms with Gasteiger partial charge in [-0.3, -0.25) is 9.59 Å². The number of pyridine rings is 2. The lowest BCUT2D eigenvalue weighted by atomic mass is 9.92. The van der Waals surface area contributed by atoms with Crippen LogP contribution in [0.15, 0.2) is 124 Å². The van der Waals surface area contributed by atoms with Gasteiger partial charge < -0.3 is 19.8 Å². The first kappa shape index (κ1) is 35.6. The van der Waals surface area contributed by atoms with Crippen LogP contribution >= 0.6 is 15.9 Å². The third-order valence-electron chi connectivity index (χ3n) is 8.36. The standard InChI is InChI=1S/C20H18FNO2.C15H9BrFNO.C5H10O/c1-20(9-2-10-24-20)15-6-3-13(4-7-15)18-11-14-5-8-16(21)12-17(14)19(23)22-18;16-11-4-1-9(2-5-11)14-7-10-3-6-12(17)8-13(10)15(19)18-14;1-2-3-4-5-6/h3-8,11-12H,2,9-10H2,1H3,(H,22,23);1-8H,(H,18,19);2,6H,1,3-5H2. The fourth-order valence-electron chi connectivity index (χ4n) is 5.65. The van der Waals surface area contributed by atoms with Gasteiger partial charge in [-0.15, -0.1) is 6.58 Å². The third kappa shape index (κ3) is 8.86. The number of hydrogen-bond acceptors (Lipinski definition) is 4. The Labute approximate surface area is 291 Å². The van der Waals surface area contributed by atoms with Gasteiger partial charge in [0.15, 0.2) is 0 Å². The van der Waals surface area contributed by atoms with Gasteiger partial charge in [0.05, 0.1) is 5.60 Å². The molecule has 0 radical (unpaired) electrons. The Morgan fingerprint density at radius 1 is 0.816 bits per heavy atom. The number of aliphatic hydroxyl groups is 1. The number of unbranched alkanes of at least 4 members (excludes halogenated alkanes) is 1. The maximum atomic E-state index is 13.3. The summed E-state index contributed by atoms with van der Waals surface area (Å²) >= 11 is 3.37. The molecule has 0 aliphatic carbocycles. The molecule has 4 aromatic carbocycles. The van der Waals surface area contributed by atoms with Gasteiger partial charge in [-0.2, -0.15) is 0 Å². The van der Waals surface area contributed by atoms with Gasteiger partial charge in [0.1, 0.15) is 11.6 Å². The lowest BCUT2D eigenvalue weighted by Crippen LogP contribution is -2.19. The summed E-state index contributed by atoms with van der Waals surface area (Å²) in [5, 5.41) is 10.3. The Morgan fingerprint density at radius 3 is 1.76 bits per heavy atom. The number of H-pyrrole nitrogens is 2. The third-order valence-corrected chi connectivity index (χ3v) is 8.89. The zero-order valence-electron chi connectivity index (χ0n) is 27.1. The Bertz CT molecular complexity index is 2170. The number of halogens is 3. The van der Waals surface area contributed by atoms with E-state index in [1.54, 1.807) is 18.2 Å². The molecule has 1 fully saturated rings. The lowest BCUT2D eigenvalue weighted by molar-refractivity contribution is 0.0168. The molecule has 1 aliphatic heterocycles. The fraction of sp³-hybridized carbons (Fsp3) is 0.200. The quantitative estimate of drug-likeness (QED) is 0.118. The van der Waals surface area contributed by atoms with Crippen molar-refractivity contribution in [2.45, 2.75) is 38.2 Å². The number of ether oxygens (including phenoxy) is 1. The average molecular weight is 728 g/mol. The summed E-state index contributed by atoms with van der Waals surface area (Å²) in [6, 6.07) is 27.9. The fourth-order valence-corrected chi connectivity index (χ4v) is 5.91. The van der Waals surface area contributed by atoms with E-state index in [0.29, 0.717) is 10.8 Å². The molecule has 6 aromatic rings. The number of rotatable bonds is 6. The van der Waals surface area contributed by atoms with E-state index in [1.165, 1.54) is 24.3 Å². The van der Waals surface area contributed by atoms with E-state index in [1.807, 2.05) is 60.7 Å². The van der Waals surface area contributed by atoms with Gasteiger partial charge in [0.2, 0.25) is 0 Å². The van der Waals surface area contributed by atoms with Crippen LogP contribution in [0.4, 0.5) is 8.78 Å². The zero-order valence-corrected chi connectivity index (χ0v) is 28.7. The van der Waals surface area contributed by atoms with Crippen LogP contribution in [0.1, 0.15) is 38.2 Å². The van der Waals surface area contributed by atoms with Gasteiger partial charge in [0, 0.05) is 39.8 Å². The maximum absolute atomic E-state index is 13.3. The SMILES string of the molecule is C=CCCCO.CC1(c2ccc(-c3cc4ccc(F)cc4c(=O)[nH]3)cc2)CCCO1.O=c1[nH]c(-c2ccc(Br)cc2)cc2ccc(F)cc12. The minimum absolute atomic E-state index is 0.215. The van der Waals surface area contributed by atoms with E-state index in [2.05, 4.69) is 39.4 Å². The van der Waals surface area contributed by atoms with Crippen molar-refractivity contribution in [1.82, 2.24) is 9.97 Å². The normalized spacial score (nSPS) is 15.3. The Morgan fingerprint density at radius 2 is 1.33 bits per heavy atom. The summed E-state index contributed by atoms with van der Waals surface area (Å²) in [7, 11) is 0. The molecular formula is C40H37BrF2N2O4. The summed E-state index contributed by atoms with van der Waals surface area (Å²) in [6.07, 6.45) is 5.67. The predicted molar refractivity (Wildman–Crippen MR) is 197 cm³/mol. The predicted octanol–water partition coefficient (Wildman–Crippen LogP) is 9.40. The van der Waals surface area contributed by atoms with Crippen LogP contribution in [-0.2, 0) is 10.3 Å². The van der Waals surface area contributed by atoms with Crippen molar-refractivity contribution in [2.75, 3.05) is 13.2 Å². The first-order valence-electron chi connectivity index (χ1n) is 16.0. The van der Waals surface area contributed by atoms with Crippen molar-refractivity contribution in [1.29, 1.82) is 0 Å². The molecule has 0 amide bonds. The van der Waals surface area contributed by atoms with E-state index in [-0.39, 0.29) is 23.3 Å². The molecule has 0 spiro atoms. The smallest absolute Gasteiger partial charge is 0.256 e. The minimum atomic E-state index is -0.408. The van der Waals surface area contributed by atoms with E-state index in [0.717, 1.165) is 75.6 Å². The molecule has 1 aliphatic rings. The topological polar surface area (TPSA) is 95.2 Å². The zero-order chi connectivity index (χ0) is 35.0. The average Bonchev–Trinajstić information content (AvgIpc) is 3.56. The van der Waals surface area contributed by atoms with Crippen LogP contribution in [0.3, 0.4) is 0 Å². The number of aliphatic hydroxyl groups excluding tert-OH is 1. The minimum Gasteiger partial charge on any atom is -0.396 e. The second-order valence-corrected chi connectivity index (χ2v) is 12.8. The van der Waals surface area contributed by atoms with Crippen LogP contribution in [0, 0.1) is 11.6 Å². The van der Waals surface area contributed by atoms with Gasteiger partial charge in [0.25, 0.3) is 11.1 Å². The monoisotopic (exact) mass is 726 g/mol. The molecule has 2 aromatic heterocycles. The molecule has 49 heavy (non-hydrogen) atoms. The molecule has 252 valence electrons. The van der Waals surface area contributed by atoms with Crippen LogP contribution in [-0.4, -0.2) is 28.3 Å². The van der Waals surface area contributed by atoms with Crippen molar-refractivity contribution in [3.8, 4) is 22.5 Å². The highest BCUT2D eigenvalue weighted by molar-refractivity contribution is 9.10. The van der Waals surface area contributed by atoms with E-state index in [9.17, 15) is 18.4 Å². The van der Waals surface area contributed by atoms with Gasteiger partial charge >= 0.3 is 0 Å². The summed E-state index contributed by atoms with van der Waals surface area (Å²) in [4.78, 5) is 29.8. The van der Waals surface area contributed by atoms with Crippen molar-refractivity contribution in [3.05, 3.63) is 152 Å². The molecule has 3 N–H and O–H groups in total. The van der Waals surface area contributed by atoms with Crippen LogP contribution < -0.4 is 11.1 Å². The highest BCUT2D eigenvalue weighted by Crippen LogP contribution is 2.36. The summed E-state index contributed by atoms with van der Waals surface area (Å²) in [6.45, 7) is 6.68. The number of aromatic nitrogens is 2. The molecule has 0 bridgehead atoms. The Kier molecular flexibility index (Phi) is 11.7. The number of fused-ring (bicyclic) bond motifs is 2. The highest BCUT2D eigenvalue weighted by Gasteiger charge is 2.31. The number of nitrogens with one attached hydrogen (secondary N) is 2. The van der Waals surface area contributed by atoms with Crippen molar-refractivity contribution in [2.24, 2.45) is 0 Å². The first-order chi connectivity index (χ1) is 23.6. The second-order valence-electron chi connectivity index (χ2n) is 11.9. The van der Waals surface area contributed by atoms with Crippen molar-refractivity contribution < 1.29 is 18.6 Å². The Hall–Kier alpha value is -4.70. The molecule has 1 saturated heterocycles. The largest absolute Gasteiger partial charge is 0.396 e. The summed E-state index contributed by atoms with van der Waals surface area (Å²) < 4.78 is 33.3. The number of benzene rings is 4. The van der Waals surface area contributed by atoms with Crippen molar-refractivity contribution >= 4 is 37.5 Å². The van der Waals surface area contributed by atoms with Gasteiger partial charge in [-0.1, -0.05) is 70.5 Å². The van der Waals surface area contributed by atoms with E-state index >= 15 is 0 Å². The van der Waals surface area contributed by atoms with Gasteiger partial charge in [-0.25, -0.2) is 8.78 Å². The number of allylic oxidation sites excluding steroid dienone is 1. The van der Waals surface area contributed by atoms with E-state index in [4.69, 9.17) is 9.84 Å². The number of aromatic amines is 2. The lowest BCUT2D eigenvalue weighted by Gasteiger charge is -2.23. The second kappa shape index (κ2) is 16.1. The molecule has 9 heteroatoms. The molecule has 0 saturated carbocycles. The molecule has 1 atom stereocenters. The van der Waals surface area contributed by atoms with Crippen molar-refractivity contribution in [3.63, 3.8) is 0 Å². The van der Waals surface area contributed by atoms with Crippen LogP contribution in [0.2, 0.25) is 0 Å². The summed E-state index contributed by atoms with van der Waals surface area (Å²) in [5.41, 5.74) is 3.64. The Balaban J connectivity index is 0.000000168. The van der Waals surface area contributed by atoms with Gasteiger partial charge in [-0.05, 0) is 109 Å². The molecule has 7 rings (SSSR count). The molecule has 6 nitrogen and oxygen atoms in total. The molecule has 3 heterocycles. The van der Waals surface area contributed by atoms with Crippen LogP contribution in [0.5, 0.6) is 0 Å².